The number of phenols is 1. The van der Waals surface area contributed by atoms with E-state index in [1.807, 2.05) is 44.4 Å². The number of benzene rings is 2. The molecule has 0 spiro atoms. The maximum atomic E-state index is 9.88. The molecule has 0 aliphatic carbocycles. The van der Waals surface area contributed by atoms with Crippen LogP contribution >= 0.6 is 0 Å². The Bertz CT molecular complexity index is 523. The second kappa shape index (κ2) is 5.74. The molecule has 2 aromatic rings. The molecule has 3 heteroatoms. The number of rotatable bonds is 5. The molecule has 18 heavy (non-hydrogen) atoms. The van der Waals surface area contributed by atoms with Crippen LogP contribution in [0.15, 0.2) is 36.4 Å². The Hall–Kier alpha value is -1.74. The Balaban J connectivity index is 2.06. The van der Waals surface area contributed by atoms with E-state index < -0.39 is 0 Å². The zero-order valence-electron chi connectivity index (χ0n) is 10.9. The fourth-order valence-electron chi connectivity index (χ4n) is 1.89. The van der Waals surface area contributed by atoms with Crippen LogP contribution < -0.4 is 4.74 Å². The average Bonchev–Trinajstić information content (AvgIpc) is 2.34. The van der Waals surface area contributed by atoms with Crippen molar-refractivity contribution in [3.8, 4) is 11.5 Å². The molecule has 0 unspecified atom stereocenters. The van der Waals surface area contributed by atoms with Crippen LogP contribution in [0.25, 0.3) is 10.8 Å². The normalized spacial score (nSPS) is 11.1. The first-order chi connectivity index (χ1) is 8.66. The van der Waals surface area contributed by atoms with E-state index in [2.05, 4.69) is 4.90 Å². The second-order valence-electron chi connectivity index (χ2n) is 4.67. The topological polar surface area (TPSA) is 32.7 Å². The molecular weight excluding hydrogens is 226 g/mol. The van der Waals surface area contributed by atoms with E-state index in [0.717, 1.165) is 23.7 Å². The van der Waals surface area contributed by atoms with Crippen molar-refractivity contribution in [1.82, 2.24) is 4.90 Å². The third-order valence-corrected chi connectivity index (χ3v) is 2.83. The lowest BCUT2D eigenvalue weighted by Gasteiger charge is -2.12. The van der Waals surface area contributed by atoms with Crippen molar-refractivity contribution in [2.75, 3.05) is 27.2 Å². The molecule has 2 rings (SSSR count). The van der Waals surface area contributed by atoms with E-state index >= 15 is 0 Å². The smallest absolute Gasteiger partial charge is 0.161 e. The fourth-order valence-corrected chi connectivity index (χ4v) is 1.89. The van der Waals surface area contributed by atoms with Crippen molar-refractivity contribution in [2.24, 2.45) is 0 Å². The minimum Gasteiger partial charge on any atom is -0.504 e. The molecule has 0 aliphatic rings. The van der Waals surface area contributed by atoms with Crippen molar-refractivity contribution in [2.45, 2.75) is 6.42 Å². The highest BCUT2D eigenvalue weighted by Gasteiger charge is 2.04. The summed E-state index contributed by atoms with van der Waals surface area (Å²) in [5, 5.41) is 12.0. The van der Waals surface area contributed by atoms with Crippen molar-refractivity contribution in [1.29, 1.82) is 0 Å². The average molecular weight is 245 g/mol. The highest BCUT2D eigenvalue weighted by molar-refractivity contribution is 5.85. The SMILES string of the molecule is CN(C)CCCOc1cc2ccccc2cc1O. The summed E-state index contributed by atoms with van der Waals surface area (Å²) in [5.74, 6) is 0.769. The van der Waals surface area contributed by atoms with Gasteiger partial charge < -0.3 is 14.7 Å². The zero-order chi connectivity index (χ0) is 13.0. The van der Waals surface area contributed by atoms with Crippen LogP contribution in [-0.2, 0) is 0 Å². The molecule has 3 nitrogen and oxygen atoms in total. The van der Waals surface area contributed by atoms with Gasteiger partial charge in [0.25, 0.3) is 0 Å². The van der Waals surface area contributed by atoms with Gasteiger partial charge in [-0.15, -0.1) is 0 Å². The molecule has 0 bridgehead atoms. The summed E-state index contributed by atoms with van der Waals surface area (Å²) in [6, 6.07) is 11.6. The van der Waals surface area contributed by atoms with Crippen LogP contribution in [0.2, 0.25) is 0 Å². The van der Waals surface area contributed by atoms with Crippen LogP contribution in [0.5, 0.6) is 11.5 Å². The van der Waals surface area contributed by atoms with Crippen molar-refractivity contribution in [3.63, 3.8) is 0 Å². The van der Waals surface area contributed by atoms with Gasteiger partial charge in [0, 0.05) is 6.54 Å². The minimum absolute atomic E-state index is 0.207. The maximum absolute atomic E-state index is 9.88. The first kappa shape index (κ1) is 12.7. The van der Waals surface area contributed by atoms with Crippen LogP contribution in [0, 0.1) is 0 Å². The van der Waals surface area contributed by atoms with Crippen LogP contribution in [0.1, 0.15) is 6.42 Å². The summed E-state index contributed by atoms with van der Waals surface area (Å²) in [7, 11) is 4.07. The van der Waals surface area contributed by atoms with Crippen molar-refractivity contribution in [3.05, 3.63) is 36.4 Å². The molecule has 0 saturated carbocycles. The summed E-state index contributed by atoms with van der Waals surface area (Å²) in [4.78, 5) is 2.11. The molecular formula is C15H19NO2. The van der Waals surface area contributed by atoms with Gasteiger partial charge in [0.1, 0.15) is 0 Å². The molecule has 0 aliphatic heterocycles. The first-order valence-electron chi connectivity index (χ1n) is 6.16. The quantitative estimate of drug-likeness (QED) is 0.822. The van der Waals surface area contributed by atoms with E-state index in [-0.39, 0.29) is 5.75 Å². The Labute approximate surface area is 108 Å². The van der Waals surface area contributed by atoms with Gasteiger partial charge in [0.05, 0.1) is 6.61 Å². The van der Waals surface area contributed by atoms with Gasteiger partial charge in [-0.05, 0) is 43.4 Å². The molecule has 96 valence electrons. The van der Waals surface area contributed by atoms with Gasteiger partial charge in [0.2, 0.25) is 0 Å². The predicted molar refractivity (Wildman–Crippen MR) is 74.3 cm³/mol. The maximum Gasteiger partial charge on any atom is 0.161 e. The van der Waals surface area contributed by atoms with Crippen molar-refractivity contribution >= 4 is 10.8 Å². The Morgan fingerprint density at radius 1 is 1.11 bits per heavy atom. The summed E-state index contributed by atoms with van der Waals surface area (Å²) >= 11 is 0. The van der Waals surface area contributed by atoms with E-state index in [9.17, 15) is 5.11 Å². The summed E-state index contributed by atoms with van der Waals surface area (Å²) in [6.45, 7) is 1.60. The zero-order valence-corrected chi connectivity index (χ0v) is 10.9. The Morgan fingerprint density at radius 2 is 1.78 bits per heavy atom. The molecule has 0 heterocycles. The minimum atomic E-state index is 0.207. The summed E-state index contributed by atoms with van der Waals surface area (Å²) < 4.78 is 5.62. The van der Waals surface area contributed by atoms with Gasteiger partial charge in [-0.1, -0.05) is 24.3 Å². The Morgan fingerprint density at radius 3 is 2.44 bits per heavy atom. The summed E-state index contributed by atoms with van der Waals surface area (Å²) in [5.41, 5.74) is 0. The second-order valence-corrected chi connectivity index (χ2v) is 4.67. The number of phenolic OH excluding ortho intramolecular Hbond substituents is 1. The highest BCUT2D eigenvalue weighted by Crippen LogP contribution is 2.31. The van der Waals surface area contributed by atoms with E-state index in [0.29, 0.717) is 12.4 Å². The number of fused-ring (bicyclic) bond motifs is 1. The van der Waals surface area contributed by atoms with Gasteiger partial charge in [-0.25, -0.2) is 0 Å². The monoisotopic (exact) mass is 245 g/mol. The lowest BCUT2D eigenvalue weighted by Crippen LogP contribution is -2.15. The Kier molecular flexibility index (Phi) is 4.05. The molecule has 0 amide bonds. The third kappa shape index (κ3) is 3.14. The number of hydrogen-bond donors (Lipinski definition) is 1. The lowest BCUT2D eigenvalue weighted by molar-refractivity contribution is 0.271. The van der Waals surface area contributed by atoms with Crippen LogP contribution in [-0.4, -0.2) is 37.3 Å². The van der Waals surface area contributed by atoms with Gasteiger partial charge >= 0.3 is 0 Å². The van der Waals surface area contributed by atoms with E-state index in [4.69, 9.17) is 4.74 Å². The molecule has 2 aromatic carbocycles. The standard InChI is InChI=1S/C15H19NO2/c1-16(2)8-5-9-18-15-11-13-7-4-3-6-12(13)10-14(15)17/h3-4,6-7,10-11,17H,5,8-9H2,1-2H3. The van der Waals surface area contributed by atoms with E-state index in [1.165, 1.54) is 0 Å². The molecule has 0 aromatic heterocycles. The van der Waals surface area contributed by atoms with Crippen molar-refractivity contribution < 1.29 is 9.84 Å². The fraction of sp³-hybridized carbons (Fsp3) is 0.333. The molecule has 0 saturated heterocycles. The molecule has 1 N–H and O–H groups in total. The van der Waals surface area contributed by atoms with Crippen LogP contribution in [0.4, 0.5) is 0 Å². The first-order valence-corrected chi connectivity index (χ1v) is 6.16. The lowest BCUT2D eigenvalue weighted by atomic mass is 10.1. The predicted octanol–water partition coefficient (Wildman–Crippen LogP) is 2.88. The highest BCUT2D eigenvalue weighted by atomic mass is 16.5. The molecule has 0 radical (unpaired) electrons. The summed E-state index contributed by atoms with van der Waals surface area (Å²) in [6.07, 6.45) is 0.944. The number of nitrogens with zero attached hydrogens (tertiary/aromatic N) is 1. The number of ether oxygens (including phenoxy) is 1. The molecule has 0 fully saturated rings. The number of aromatic hydroxyl groups is 1. The number of hydrogen-bond acceptors (Lipinski definition) is 3. The van der Waals surface area contributed by atoms with E-state index in [1.54, 1.807) is 6.07 Å². The third-order valence-electron chi connectivity index (χ3n) is 2.83. The van der Waals surface area contributed by atoms with Gasteiger partial charge in [0.15, 0.2) is 11.5 Å². The van der Waals surface area contributed by atoms with Crippen LogP contribution in [0.3, 0.4) is 0 Å². The molecule has 0 atom stereocenters. The van der Waals surface area contributed by atoms with Gasteiger partial charge in [-0.3, -0.25) is 0 Å². The van der Waals surface area contributed by atoms with Gasteiger partial charge in [-0.2, -0.15) is 0 Å². The largest absolute Gasteiger partial charge is 0.504 e.